The highest BCUT2D eigenvalue weighted by atomic mass is 35.5. The van der Waals surface area contributed by atoms with Crippen molar-refractivity contribution >= 4 is 40.9 Å². The molecule has 174 valence electrons. The number of rotatable bonds is 3. The molecule has 0 bridgehead atoms. The minimum Gasteiger partial charge on any atom is -0.464 e. The lowest BCUT2D eigenvalue weighted by Gasteiger charge is -2.36. The predicted molar refractivity (Wildman–Crippen MR) is 134 cm³/mol. The van der Waals surface area contributed by atoms with Crippen molar-refractivity contribution in [2.75, 3.05) is 11.5 Å². The van der Waals surface area contributed by atoms with Crippen LogP contribution in [0.15, 0.2) is 78.9 Å². The third-order valence-corrected chi connectivity index (χ3v) is 7.68. The molecule has 2 aliphatic heterocycles. The van der Waals surface area contributed by atoms with Gasteiger partial charge in [-0.2, -0.15) is 0 Å². The minimum absolute atomic E-state index is 0.183. The molecule has 3 atom stereocenters. The molecule has 5 nitrogen and oxygen atoms in total. The third-order valence-electron chi connectivity index (χ3n) is 7.45. The van der Waals surface area contributed by atoms with Gasteiger partial charge in [-0.15, -0.1) is 0 Å². The van der Waals surface area contributed by atoms with Gasteiger partial charge in [-0.25, -0.2) is 4.79 Å². The molecule has 1 saturated heterocycles. The van der Waals surface area contributed by atoms with Gasteiger partial charge < -0.3 is 9.64 Å². The van der Waals surface area contributed by atoms with Gasteiger partial charge in [0.2, 0.25) is 0 Å². The summed E-state index contributed by atoms with van der Waals surface area (Å²) in [6, 6.07) is 20.2. The van der Waals surface area contributed by atoms with Gasteiger partial charge in [-0.05, 0) is 36.2 Å². The van der Waals surface area contributed by atoms with Crippen molar-refractivity contribution < 1.29 is 19.1 Å². The average Bonchev–Trinajstić information content (AvgIpc) is 3.31. The first-order valence-corrected chi connectivity index (χ1v) is 12.0. The van der Waals surface area contributed by atoms with E-state index in [9.17, 15) is 14.4 Å². The van der Waals surface area contributed by atoms with Crippen molar-refractivity contribution in [3.8, 4) is 0 Å². The van der Waals surface area contributed by atoms with Gasteiger partial charge in [0, 0.05) is 27.8 Å². The van der Waals surface area contributed by atoms with Crippen LogP contribution in [0.5, 0.6) is 0 Å². The van der Waals surface area contributed by atoms with Gasteiger partial charge in [0.25, 0.3) is 0 Å². The number of ether oxygens (including phenoxy) is 1. The summed E-state index contributed by atoms with van der Waals surface area (Å²) in [5, 5.41) is 0.469. The van der Waals surface area contributed by atoms with Crippen LogP contribution in [0.25, 0.3) is 6.08 Å². The van der Waals surface area contributed by atoms with E-state index in [1.165, 1.54) is 0 Å². The van der Waals surface area contributed by atoms with Crippen molar-refractivity contribution in [3.63, 3.8) is 0 Å². The number of hydrogen-bond donors (Lipinski definition) is 0. The molecule has 3 aromatic carbocycles. The average molecular weight is 484 g/mol. The van der Waals surface area contributed by atoms with Gasteiger partial charge in [-0.3, -0.25) is 9.59 Å². The van der Waals surface area contributed by atoms with Crippen LogP contribution >= 0.6 is 11.6 Å². The Morgan fingerprint density at radius 2 is 1.66 bits per heavy atom. The number of carbonyl (C=O) groups is 3. The maximum atomic E-state index is 14.3. The fourth-order valence-corrected chi connectivity index (χ4v) is 6.39. The van der Waals surface area contributed by atoms with Crippen LogP contribution in [0.4, 0.5) is 5.69 Å². The number of anilines is 1. The lowest BCUT2D eigenvalue weighted by molar-refractivity contribution is -0.145. The number of esters is 1. The Bertz CT molecular complexity index is 1390. The van der Waals surface area contributed by atoms with E-state index in [1.807, 2.05) is 47.4 Å². The second-order valence-corrected chi connectivity index (χ2v) is 9.51. The standard InChI is InChI=1S/C29H22ClNO4/c1-2-35-28(34)25-24(18-9-7-10-19(30)16-18)29(26(32)20-11-4-5-12-21(20)27(29)33)23-15-14-17-8-3-6-13-22(17)31(23)25/h3-16,23-25H,2H2,1H3/t23?,24-,25+/m1/s1. The highest BCUT2D eigenvalue weighted by molar-refractivity contribution is 6.32. The van der Waals surface area contributed by atoms with E-state index in [2.05, 4.69) is 0 Å². The van der Waals surface area contributed by atoms with Crippen molar-refractivity contribution in [1.82, 2.24) is 0 Å². The molecule has 1 fully saturated rings. The summed E-state index contributed by atoms with van der Waals surface area (Å²) in [7, 11) is 0. The van der Waals surface area contributed by atoms with E-state index >= 15 is 0 Å². The maximum absolute atomic E-state index is 14.3. The molecule has 3 aliphatic rings. The molecule has 0 aromatic heterocycles. The van der Waals surface area contributed by atoms with Crippen molar-refractivity contribution in [2.45, 2.75) is 24.9 Å². The Hall–Kier alpha value is -3.70. The summed E-state index contributed by atoms with van der Waals surface area (Å²) in [5.74, 6) is -1.81. The van der Waals surface area contributed by atoms with Crippen LogP contribution in [-0.2, 0) is 9.53 Å². The summed E-state index contributed by atoms with van der Waals surface area (Å²) in [6.45, 7) is 1.93. The number of hydrogen-bond acceptors (Lipinski definition) is 5. The van der Waals surface area contributed by atoms with Gasteiger partial charge >= 0.3 is 5.97 Å². The first-order chi connectivity index (χ1) is 17.0. The van der Waals surface area contributed by atoms with Crippen LogP contribution in [-0.4, -0.2) is 36.2 Å². The van der Waals surface area contributed by atoms with Crippen LogP contribution in [0.1, 0.15) is 44.7 Å². The molecule has 6 rings (SSSR count). The highest BCUT2D eigenvalue weighted by Crippen LogP contribution is 2.60. The normalized spacial score (nSPS) is 23.3. The second-order valence-electron chi connectivity index (χ2n) is 9.07. The molecule has 0 N–H and O–H groups in total. The molecule has 1 aliphatic carbocycles. The number of fused-ring (bicyclic) bond motifs is 5. The van der Waals surface area contributed by atoms with Crippen LogP contribution in [0.3, 0.4) is 0 Å². The molecule has 0 amide bonds. The largest absolute Gasteiger partial charge is 0.464 e. The highest BCUT2D eigenvalue weighted by Gasteiger charge is 2.72. The molecule has 1 spiro atoms. The lowest BCUT2D eigenvalue weighted by Crippen LogP contribution is -2.48. The maximum Gasteiger partial charge on any atom is 0.329 e. The van der Waals surface area contributed by atoms with E-state index in [1.54, 1.807) is 49.4 Å². The molecule has 3 aromatic rings. The number of Topliss-reactive ketones (excluding diaryl/α,β-unsaturated/α-hetero) is 2. The summed E-state index contributed by atoms with van der Waals surface area (Å²) in [5.41, 5.74) is 1.61. The molecular formula is C29H22ClNO4. The van der Waals surface area contributed by atoms with Crippen LogP contribution < -0.4 is 4.90 Å². The molecule has 0 radical (unpaired) electrons. The van der Waals surface area contributed by atoms with Crippen molar-refractivity contribution in [2.24, 2.45) is 5.41 Å². The zero-order valence-corrected chi connectivity index (χ0v) is 19.7. The number of ketones is 2. The Morgan fingerprint density at radius 1 is 0.971 bits per heavy atom. The van der Waals surface area contributed by atoms with E-state index in [0.29, 0.717) is 21.7 Å². The van der Waals surface area contributed by atoms with Crippen LogP contribution in [0.2, 0.25) is 5.02 Å². The Balaban J connectivity index is 1.68. The van der Waals surface area contributed by atoms with E-state index in [0.717, 1.165) is 11.3 Å². The zero-order valence-electron chi connectivity index (χ0n) is 19.0. The Kier molecular flexibility index (Phi) is 4.94. The smallest absolute Gasteiger partial charge is 0.329 e. The summed E-state index contributed by atoms with van der Waals surface area (Å²) >= 11 is 6.39. The third kappa shape index (κ3) is 2.85. The Labute approximate surface area is 208 Å². The van der Waals surface area contributed by atoms with Crippen LogP contribution in [0, 0.1) is 5.41 Å². The molecule has 0 saturated carbocycles. The first-order valence-electron chi connectivity index (χ1n) is 11.7. The molecule has 2 heterocycles. The SMILES string of the molecule is CCOC(=O)[C@@H]1[C@@H](c2cccc(Cl)c2)C2(C(=O)c3ccccc3C2=O)C2C=Cc3ccccc3N21. The number of para-hydroxylation sites is 1. The minimum atomic E-state index is -1.53. The molecule has 35 heavy (non-hydrogen) atoms. The summed E-state index contributed by atoms with van der Waals surface area (Å²) in [6.07, 6.45) is 3.82. The first kappa shape index (κ1) is 21.8. The Morgan fingerprint density at radius 3 is 2.34 bits per heavy atom. The predicted octanol–water partition coefficient (Wildman–Crippen LogP) is 5.34. The fourth-order valence-electron chi connectivity index (χ4n) is 6.19. The number of carbonyl (C=O) groups excluding carboxylic acids is 3. The monoisotopic (exact) mass is 483 g/mol. The summed E-state index contributed by atoms with van der Waals surface area (Å²) < 4.78 is 5.56. The molecule has 1 unspecified atom stereocenters. The van der Waals surface area contributed by atoms with E-state index < -0.39 is 29.4 Å². The van der Waals surface area contributed by atoms with Crippen molar-refractivity contribution in [1.29, 1.82) is 0 Å². The van der Waals surface area contributed by atoms with E-state index in [-0.39, 0.29) is 18.2 Å². The number of benzene rings is 3. The zero-order chi connectivity index (χ0) is 24.3. The molecular weight excluding hydrogens is 462 g/mol. The number of nitrogens with zero attached hydrogens (tertiary/aromatic N) is 1. The topological polar surface area (TPSA) is 63.7 Å². The lowest BCUT2D eigenvalue weighted by atomic mass is 9.65. The van der Waals surface area contributed by atoms with Gasteiger partial charge in [-0.1, -0.05) is 78.4 Å². The second kappa shape index (κ2) is 7.92. The quantitative estimate of drug-likeness (QED) is 0.372. The fraction of sp³-hybridized carbons (Fsp3) is 0.207. The van der Waals surface area contributed by atoms with Crippen molar-refractivity contribution in [3.05, 3.63) is 106 Å². The number of halogens is 1. The van der Waals surface area contributed by atoms with Gasteiger partial charge in [0.05, 0.1) is 12.6 Å². The summed E-state index contributed by atoms with van der Waals surface area (Å²) in [4.78, 5) is 44.2. The van der Waals surface area contributed by atoms with E-state index in [4.69, 9.17) is 16.3 Å². The van der Waals surface area contributed by atoms with Gasteiger partial charge in [0.15, 0.2) is 11.6 Å². The van der Waals surface area contributed by atoms with Gasteiger partial charge in [0.1, 0.15) is 11.5 Å². The molecule has 6 heteroatoms.